The Morgan fingerprint density at radius 3 is 2.17 bits per heavy atom. The molecule has 2 unspecified atom stereocenters. The zero-order valence-electron chi connectivity index (χ0n) is 15.2. The maximum Gasteiger partial charge on any atom is 0.324 e. The van der Waals surface area contributed by atoms with Crippen LogP contribution in [0.4, 0.5) is 0 Å². The summed E-state index contributed by atoms with van der Waals surface area (Å²) in [5.74, 6) is -0.255. The molecule has 1 fully saturated rings. The van der Waals surface area contributed by atoms with E-state index < -0.39 is 6.10 Å². The lowest BCUT2D eigenvalue weighted by Gasteiger charge is -2.29. The molecule has 0 saturated carbocycles. The van der Waals surface area contributed by atoms with E-state index in [0.717, 1.165) is 32.4 Å². The van der Waals surface area contributed by atoms with Gasteiger partial charge in [0, 0.05) is 5.56 Å². The Labute approximate surface area is 145 Å². The third-order valence-corrected chi connectivity index (χ3v) is 4.72. The summed E-state index contributed by atoms with van der Waals surface area (Å²) in [6.45, 7) is 9.65. The predicted octanol–water partition coefficient (Wildman–Crippen LogP) is 3.48. The molecule has 0 amide bonds. The lowest BCUT2D eigenvalue weighted by Crippen LogP contribution is -2.45. The summed E-state index contributed by atoms with van der Waals surface area (Å²) in [5, 5.41) is 0. The zero-order valence-corrected chi connectivity index (χ0v) is 15.2. The van der Waals surface area contributed by atoms with Crippen molar-refractivity contribution in [3.8, 4) is 0 Å². The second-order valence-corrected chi connectivity index (χ2v) is 6.93. The first-order valence-electron chi connectivity index (χ1n) is 9.01. The Kier molecular flexibility index (Phi) is 6.55. The molecule has 0 aliphatic carbocycles. The van der Waals surface area contributed by atoms with Gasteiger partial charge in [-0.2, -0.15) is 0 Å². The van der Waals surface area contributed by atoms with Crippen molar-refractivity contribution in [3.63, 3.8) is 0 Å². The lowest BCUT2D eigenvalue weighted by molar-refractivity contribution is -0.154. The number of carbonyl (C=O) groups excluding carboxylic acids is 2. The van der Waals surface area contributed by atoms with Crippen LogP contribution in [-0.2, 0) is 16.0 Å². The number of nitrogens with zero attached hydrogens (tertiary/aromatic N) is 1. The van der Waals surface area contributed by atoms with Gasteiger partial charge in [0.15, 0.2) is 6.10 Å². The standard InChI is InChI=1S/C20H29NO3/c1-5-16-8-10-17(11-9-16)19(22)15(4)24-20(23)18(14(2)3)21-12-6-7-13-21/h8-11,14-15,18H,5-7,12-13H2,1-4H3. The summed E-state index contributed by atoms with van der Waals surface area (Å²) < 4.78 is 5.53. The van der Waals surface area contributed by atoms with Gasteiger partial charge in [0.1, 0.15) is 6.04 Å². The van der Waals surface area contributed by atoms with E-state index in [0.29, 0.717) is 5.56 Å². The van der Waals surface area contributed by atoms with Crippen LogP contribution < -0.4 is 0 Å². The van der Waals surface area contributed by atoms with Crippen LogP contribution in [0.3, 0.4) is 0 Å². The SMILES string of the molecule is CCc1ccc(C(=O)C(C)OC(=O)C(C(C)C)N2CCCC2)cc1. The van der Waals surface area contributed by atoms with Crippen molar-refractivity contribution in [2.75, 3.05) is 13.1 Å². The number of esters is 1. The van der Waals surface area contributed by atoms with E-state index in [9.17, 15) is 9.59 Å². The predicted molar refractivity (Wildman–Crippen MR) is 95.1 cm³/mol. The molecule has 0 spiro atoms. The first-order chi connectivity index (χ1) is 11.4. The van der Waals surface area contributed by atoms with Crippen LogP contribution in [0.1, 0.15) is 56.5 Å². The molecule has 132 valence electrons. The summed E-state index contributed by atoms with van der Waals surface area (Å²) in [5.41, 5.74) is 1.78. The van der Waals surface area contributed by atoms with Crippen molar-refractivity contribution in [1.82, 2.24) is 4.90 Å². The number of hydrogen-bond acceptors (Lipinski definition) is 4. The number of aryl methyl sites for hydroxylation is 1. The van der Waals surface area contributed by atoms with E-state index in [1.807, 2.05) is 38.1 Å². The number of likely N-dealkylation sites (tertiary alicyclic amines) is 1. The molecule has 1 aromatic rings. The van der Waals surface area contributed by atoms with Crippen LogP contribution in [0.25, 0.3) is 0 Å². The molecule has 0 N–H and O–H groups in total. The van der Waals surface area contributed by atoms with E-state index in [1.54, 1.807) is 6.92 Å². The van der Waals surface area contributed by atoms with E-state index in [4.69, 9.17) is 4.74 Å². The maximum atomic E-state index is 12.6. The fourth-order valence-corrected chi connectivity index (χ4v) is 3.30. The first-order valence-corrected chi connectivity index (χ1v) is 9.01. The third-order valence-electron chi connectivity index (χ3n) is 4.72. The smallest absolute Gasteiger partial charge is 0.324 e. The van der Waals surface area contributed by atoms with Gasteiger partial charge in [0.2, 0.25) is 5.78 Å². The van der Waals surface area contributed by atoms with Crippen molar-refractivity contribution in [2.24, 2.45) is 5.92 Å². The van der Waals surface area contributed by atoms with Gasteiger partial charge in [-0.05, 0) is 50.8 Å². The van der Waals surface area contributed by atoms with Gasteiger partial charge < -0.3 is 4.74 Å². The Morgan fingerprint density at radius 1 is 1.08 bits per heavy atom. The molecule has 2 rings (SSSR count). The second kappa shape index (κ2) is 8.43. The van der Waals surface area contributed by atoms with Gasteiger partial charge in [0.25, 0.3) is 0 Å². The number of ether oxygens (including phenoxy) is 1. The number of carbonyl (C=O) groups is 2. The highest BCUT2D eigenvalue weighted by atomic mass is 16.5. The highest BCUT2D eigenvalue weighted by Crippen LogP contribution is 2.20. The van der Waals surface area contributed by atoms with Gasteiger partial charge in [0.05, 0.1) is 0 Å². The second-order valence-electron chi connectivity index (χ2n) is 6.93. The maximum absolute atomic E-state index is 12.6. The number of benzene rings is 1. The average molecular weight is 331 g/mol. The molecular weight excluding hydrogens is 302 g/mol. The Bertz CT molecular complexity index is 559. The molecule has 0 bridgehead atoms. The van der Waals surface area contributed by atoms with Gasteiger partial charge in [-0.25, -0.2) is 0 Å². The van der Waals surface area contributed by atoms with E-state index >= 15 is 0 Å². The topological polar surface area (TPSA) is 46.6 Å². The molecule has 0 radical (unpaired) electrons. The molecule has 4 heteroatoms. The van der Waals surface area contributed by atoms with Crippen LogP contribution in [0, 0.1) is 5.92 Å². The van der Waals surface area contributed by atoms with Gasteiger partial charge in [-0.1, -0.05) is 45.0 Å². The average Bonchev–Trinajstić information content (AvgIpc) is 3.07. The van der Waals surface area contributed by atoms with Gasteiger partial charge in [-0.15, -0.1) is 0 Å². The van der Waals surface area contributed by atoms with Crippen molar-refractivity contribution >= 4 is 11.8 Å². The van der Waals surface area contributed by atoms with Crippen molar-refractivity contribution in [1.29, 1.82) is 0 Å². The number of Topliss-reactive ketones (excluding diaryl/α,β-unsaturated/α-hetero) is 1. The van der Waals surface area contributed by atoms with Gasteiger partial charge in [-0.3, -0.25) is 14.5 Å². The van der Waals surface area contributed by atoms with Crippen molar-refractivity contribution in [3.05, 3.63) is 35.4 Å². The molecule has 1 heterocycles. The Balaban J connectivity index is 2.01. The van der Waals surface area contributed by atoms with Crippen LogP contribution >= 0.6 is 0 Å². The molecule has 0 aromatic heterocycles. The highest BCUT2D eigenvalue weighted by molar-refractivity contribution is 6.00. The van der Waals surface area contributed by atoms with Crippen LogP contribution in [0.15, 0.2) is 24.3 Å². The normalized spacial score (nSPS) is 17.7. The molecule has 1 aliphatic rings. The van der Waals surface area contributed by atoms with Crippen molar-refractivity contribution < 1.29 is 14.3 Å². The molecule has 2 atom stereocenters. The summed E-state index contributed by atoms with van der Waals surface area (Å²) in [7, 11) is 0. The summed E-state index contributed by atoms with van der Waals surface area (Å²) >= 11 is 0. The fourth-order valence-electron chi connectivity index (χ4n) is 3.30. The lowest BCUT2D eigenvalue weighted by atomic mass is 10.0. The molecule has 1 aromatic carbocycles. The highest BCUT2D eigenvalue weighted by Gasteiger charge is 2.33. The quantitative estimate of drug-likeness (QED) is 0.567. The largest absolute Gasteiger partial charge is 0.453 e. The Hall–Kier alpha value is -1.68. The fraction of sp³-hybridized carbons (Fsp3) is 0.600. The number of rotatable bonds is 7. The first kappa shape index (κ1) is 18.7. The minimum atomic E-state index is -0.756. The summed E-state index contributed by atoms with van der Waals surface area (Å²) in [6, 6.07) is 7.26. The number of hydrogen-bond donors (Lipinski definition) is 0. The monoisotopic (exact) mass is 331 g/mol. The minimum Gasteiger partial charge on any atom is -0.453 e. The van der Waals surface area contributed by atoms with Gasteiger partial charge >= 0.3 is 5.97 Å². The molecule has 1 aliphatic heterocycles. The third kappa shape index (κ3) is 4.44. The summed E-state index contributed by atoms with van der Waals surface area (Å²) in [6.07, 6.45) is 2.42. The minimum absolute atomic E-state index is 0.144. The van der Waals surface area contributed by atoms with Crippen LogP contribution in [-0.4, -0.2) is 41.9 Å². The molecule has 24 heavy (non-hydrogen) atoms. The van der Waals surface area contributed by atoms with Crippen molar-refractivity contribution in [2.45, 2.75) is 59.1 Å². The molecule has 1 saturated heterocycles. The Morgan fingerprint density at radius 2 is 1.67 bits per heavy atom. The van der Waals surface area contributed by atoms with E-state index in [-0.39, 0.29) is 23.7 Å². The van der Waals surface area contributed by atoms with Crippen LogP contribution in [0.2, 0.25) is 0 Å². The van der Waals surface area contributed by atoms with E-state index in [2.05, 4.69) is 11.8 Å². The van der Waals surface area contributed by atoms with Crippen LogP contribution in [0.5, 0.6) is 0 Å². The number of ketones is 1. The summed E-state index contributed by atoms with van der Waals surface area (Å²) in [4.78, 5) is 27.3. The van der Waals surface area contributed by atoms with E-state index in [1.165, 1.54) is 5.56 Å². The molecule has 4 nitrogen and oxygen atoms in total. The zero-order chi connectivity index (χ0) is 17.7. The molecular formula is C20H29NO3.